The Bertz CT molecular complexity index is 450. The van der Waals surface area contributed by atoms with Gasteiger partial charge in [0.15, 0.2) is 0 Å². The monoisotopic (exact) mass is 277 g/mol. The van der Waals surface area contributed by atoms with Crippen LogP contribution < -0.4 is 0 Å². The van der Waals surface area contributed by atoms with Crippen molar-refractivity contribution in [2.75, 3.05) is 26.2 Å². The Kier molecular flexibility index (Phi) is 5.49. The molecule has 1 N–H and O–H groups in total. The Morgan fingerprint density at radius 1 is 1.65 bits per heavy atom. The maximum Gasteiger partial charge on any atom is 0.307 e. The molecular weight excluding hydrogens is 258 g/mol. The average molecular weight is 277 g/mol. The number of carbonyl (C=O) groups is 1. The molecule has 1 aromatic heterocycles. The van der Waals surface area contributed by atoms with Gasteiger partial charge in [0.25, 0.3) is 0 Å². The van der Waals surface area contributed by atoms with Crippen LogP contribution in [0.1, 0.15) is 18.4 Å². The van der Waals surface area contributed by atoms with Crippen molar-refractivity contribution in [3.05, 3.63) is 30.1 Å². The molecule has 1 atom stereocenters. The van der Waals surface area contributed by atoms with Gasteiger partial charge in [-0.3, -0.25) is 14.7 Å². The molecule has 0 bridgehead atoms. The molecule has 0 saturated carbocycles. The summed E-state index contributed by atoms with van der Waals surface area (Å²) in [7, 11) is 0. The summed E-state index contributed by atoms with van der Waals surface area (Å²) in [6.07, 6.45) is 6.72. The first-order valence-electron chi connectivity index (χ1n) is 6.76. The molecule has 6 heteroatoms. The minimum atomic E-state index is -0.704. The van der Waals surface area contributed by atoms with E-state index in [0.29, 0.717) is 19.7 Å². The van der Waals surface area contributed by atoms with Crippen LogP contribution in [-0.4, -0.2) is 53.4 Å². The van der Waals surface area contributed by atoms with E-state index >= 15 is 0 Å². The largest absolute Gasteiger partial charge is 0.481 e. The molecule has 20 heavy (non-hydrogen) atoms. The molecule has 1 aliphatic rings. The first kappa shape index (κ1) is 14.5. The molecule has 6 nitrogen and oxygen atoms in total. The number of carboxylic acid groups (broad SMARTS) is 1. The summed E-state index contributed by atoms with van der Waals surface area (Å²) >= 11 is 0. The first-order valence-corrected chi connectivity index (χ1v) is 6.76. The van der Waals surface area contributed by atoms with Crippen LogP contribution in [-0.2, 0) is 9.63 Å². The van der Waals surface area contributed by atoms with Gasteiger partial charge < -0.3 is 9.94 Å². The van der Waals surface area contributed by atoms with Crippen LogP contribution in [0.2, 0.25) is 0 Å². The maximum atomic E-state index is 10.9. The number of piperidine rings is 1. The Labute approximate surface area is 118 Å². The number of aliphatic carboxylic acids is 1. The van der Waals surface area contributed by atoms with E-state index in [4.69, 9.17) is 9.94 Å². The van der Waals surface area contributed by atoms with Crippen LogP contribution in [0.5, 0.6) is 0 Å². The molecule has 1 unspecified atom stereocenters. The third-order valence-corrected chi connectivity index (χ3v) is 3.31. The number of oxime groups is 1. The van der Waals surface area contributed by atoms with Crippen molar-refractivity contribution in [2.24, 2.45) is 11.1 Å². The fraction of sp³-hybridized carbons (Fsp3) is 0.500. The van der Waals surface area contributed by atoms with Crippen LogP contribution in [0.15, 0.2) is 29.7 Å². The number of aromatic nitrogens is 1. The number of likely N-dealkylation sites (tertiary alicyclic amines) is 1. The highest BCUT2D eigenvalue weighted by Gasteiger charge is 2.24. The van der Waals surface area contributed by atoms with Crippen LogP contribution >= 0.6 is 0 Å². The zero-order chi connectivity index (χ0) is 14.2. The summed E-state index contributed by atoms with van der Waals surface area (Å²) < 4.78 is 0. The summed E-state index contributed by atoms with van der Waals surface area (Å²) in [5.74, 6) is -0.951. The van der Waals surface area contributed by atoms with Gasteiger partial charge in [-0.05, 0) is 25.5 Å². The molecule has 1 saturated heterocycles. The van der Waals surface area contributed by atoms with E-state index in [1.165, 1.54) is 0 Å². The van der Waals surface area contributed by atoms with Crippen molar-refractivity contribution in [2.45, 2.75) is 12.8 Å². The van der Waals surface area contributed by atoms with Gasteiger partial charge in [0, 0.05) is 31.0 Å². The lowest BCUT2D eigenvalue weighted by atomic mass is 9.98. The van der Waals surface area contributed by atoms with Gasteiger partial charge in [-0.1, -0.05) is 11.2 Å². The van der Waals surface area contributed by atoms with E-state index in [9.17, 15) is 4.79 Å². The first-order chi connectivity index (χ1) is 9.75. The van der Waals surface area contributed by atoms with Gasteiger partial charge in [0.05, 0.1) is 12.1 Å². The maximum absolute atomic E-state index is 10.9. The molecular formula is C14H19N3O3. The predicted molar refractivity (Wildman–Crippen MR) is 74.6 cm³/mol. The number of carboxylic acids is 1. The molecule has 1 aliphatic heterocycles. The summed E-state index contributed by atoms with van der Waals surface area (Å²) in [6.45, 7) is 2.70. The van der Waals surface area contributed by atoms with Crippen molar-refractivity contribution < 1.29 is 14.7 Å². The van der Waals surface area contributed by atoms with Crippen molar-refractivity contribution in [3.8, 4) is 0 Å². The third-order valence-electron chi connectivity index (χ3n) is 3.31. The Balaban J connectivity index is 1.66. The molecule has 2 heterocycles. The number of rotatable bonds is 6. The number of nitrogens with zero attached hydrogens (tertiary/aromatic N) is 3. The second-order valence-corrected chi connectivity index (χ2v) is 4.83. The highest BCUT2D eigenvalue weighted by molar-refractivity contribution is 5.78. The normalized spacial score (nSPS) is 20.1. The summed E-state index contributed by atoms with van der Waals surface area (Å²) in [5.41, 5.74) is 0.886. The van der Waals surface area contributed by atoms with Crippen LogP contribution in [0.3, 0.4) is 0 Å². The van der Waals surface area contributed by atoms with Gasteiger partial charge >= 0.3 is 5.97 Å². The Morgan fingerprint density at radius 3 is 3.30 bits per heavy atom. The van der Waals surface area contributed by atoms with E-state index < -0.39 is 5.97 Å². The minimum absolute atomic E-state index is 0.248. The smallest absolute Gasteiger partial charge is 0.307 e. The van der Waals surface area contributed by atoms with E-state index in [0.717, 1.165) is 24.9 Å². The molecule has 1 fully saturated rings. The van der Waals surface area contributed by atoms with Crippen molar-refractivity contribution in [3.63, 3.8) is 0 Å². The molecule has 1 aromatic rings. The zero-order valence-corrected chi connectivity index (χ0v) is 11.3. The van der Waals surface area contributed by atoms with Crippen molar-refractivity contribution in [1.29, 1.82) is 0 Å². The molecule has 108 valence electrons. The van der Waals surface area contributed by atoms with Gasteiger partial charge in [-0.15, -0.1) is 0 Å². The fourth-order valence-electron chi connectivity index (χ4n) is 2.23. The summed E-state index contributed by atoms with van der Waals surface area (Å²) in [5, 5.41) is 12.9. The highest BCUT2D eigenvalue weighted by Crippen LogP contribution is 2.16. The Hall–Kier alpha value is -1.95. The fourth-order valence-corrected chi connectivity index (χ4v) is 2.23. The van der Waals surface area contributed by atoms with Gasteiger partial charge in [-0.2, -0.15) is 0 Å². The highest BCUT2D eigenvalue weighted by atomic mass is 16.6. The van der Waals surface area contributed by atoms with Crippen LogP contribution in [0, 0.1) is 5.92 Å². The van der Waals surface area contributed by atoms with Gasteiger partial charge in [0.2, 0.25) is 0 Å². The quantitative estimate of drug-likeness (QED) is 0.481. The van der Waals surface area contributed by atoms with Crippen LogP contribution in [0.25, 0.3) is 0 Å². The Morgan fingerprint density at radius 2 is 2.55 bits per heavy atom. The second-order valence-electron chi connectivity index (χ2n) is 4.83. The number of hydrogen-bond donors (Lipinski definition) is 1. The third kappa shape index (κ3) is 4.62. The topological polar surface area (TPSA) is 75.0 Å². The van der Waals surface area contributed by atoms with Crippen molar-refractivity contribution >= 4 is 12.2 Å². The predicted octanol–water partition coefficient (Wildman–Crippen LogP) is 1.23. The molecule has 2 rings (SSSR count). The summed E-state index contributed by atoms with van der Waals surface area (Å²) in [4.78, 5) is 22.2. The van der Waals surface area contributed by atoms with Crippen molar-refractivity contribution in [1.82, 2.24) is 9.88 Å². The molecule has 0 aliphatic carbocycles. The number of hydrogen-bond acceptors (Lipinski definition) is 5. The molecule has 0 radical (unpaired) electrons. The van der Waals surface area contributed by atoms with Gasteiger partial charge in [0.1, 0.15) is 6.61 Å². The van der Waals surface area contributed by atoms with E-state index in [2.05, 4.69) is 15.0 Å². The minimum Gasteiger partial charge on any atom is -0.481 e. The molecule has 0 aromatic carbocycles. The lowest BCUT2D eigenvalue weighted by Crippen LogP contribution is -2.40. The lowest BCUT2D eigenvalue weighted by Gasteiger charge is -2.29. The number of pyridine rings is 1. The second kappa shape index (κ2) is 7.59. The molecule has 0 amide bonds. The molecule has 0 spiro atoms. The lowest BCUT2D eigenvalue weighted by molar-refractivity contribution is -0.143. The van der Waals surface area contributed by atoms with E-state index in [-0.39, 0.29) is 5.92 Å². The summed E-state index contributed by atoms with van der Waals surface area (Å²) in [6, 6.07) is 3.73. The van der Waals surface area contributed by atoms with Crippen LogP contribution in [0.4, 0.5) is 0 Å². The van der Waals surface area contributed by atoms with E-state index in [1.807, 2.05) is 12.1 Å². The SMILES string of the molecule is O=C(O)C1CCCN(CCO/N=C/c2cccnc2)C1. The van der Waals surface area contributed by atoms with E-state index in [1.54, 1.807) is 18.6 Å². The zero-order valence-electron chi connectivity index (χ0n) is 11.3. The average Bonchev–Trinajstić information content (AvgIpc) is 2.48. The standard InChI is InChI=1S/C14H19N3O3/c18-14(19)13-4-2-6-17(11-13)7-8-20-16-10-12-3-1-5-15-9-12/h1,3,5,9-10,13H,2,4,6-8,11H2,(H,18,19)/b16-10+. The van der Waals surface area contributed by atoms with Gasteiger partial charge in [-0.25, -0.2) is 0 Å².